The summed E-state index contributed by atoms with van der Waals surface area (Å²) < 4.78 is 5.38. The van der Waals surface area contributed by atoms with Crippen LogP contribution < -0.4 is 10.2 Å². The number of alkyl carbamates (subject to hydrolysis) is 1. The van der Waals surface area contributed by atoms with E-state index >= 15 is 0 Å². The van der Waals surface area contributed by atoms with Crippen LogP contribution in [-0.2, 0) is 11.2 Å². The first-order valence-corrected chi connectivity index (χ1v) is 12.9. The lowest BCUT2D eigenvalue weighted by molar-refractivity contribution is 0.0490. The molecule has 2 N–H and O–H groups in total. The van der Waals surface area contributed by atoms with Gasteiger partial charge in [0.15, 0.2) is 0 Å². The van der Waals surface area contributed by atoms with Crippen molar-refractivity contribution in [2.75, 3.05) is 11.4 Å². The number of unbranched alkanes of at least 4 members (excludes halogenated alkanes) is 1. The van der Waals surface area contributed by atoms with E-state index in [1.807, 2.05) is 69.3 Å². The molecule has 0 atom stereocenters. The highest BCUT2D eigenvalue weighted by atomic mass is 16.6. The Hall–Kier alpha value is -3.71. The first kappa shape index (κ1) is 27.9. The molecule has 1 fully saturated rings. The molecule has 0 unspecified atom stereocenters. The Balaban J connectivity index is 1.80. The SMILES string of the molecule is CC(C)(C)OC(=O)N[C@H]1CC[C@H](N(C(=O)O)c2cc(CCCCN=[N+]=[N-])ccc2-c2ccccc2)CC1. The molecule has 9 nitrogen and oxygen atoms in total. The second-order valence-electron chi connectivity index (χ2n) is 10.4. The Morgan fingerprint density at radius 3 is 2.43 bits per heavy atom. The van der Waals surface area contributed by atoms with Crippen molar-refractivity contribution in [3.05, 3.63) is 64.5 Å². The van der Waals surface area contributed by atoms with Crippen LogP contribution in [0.25, 0.3) is 21.6 Å². The Morgan fingerprint density at radius 1 is 1.11 bits per heavy atom. The molecule has 0 aliphatic heterocycles. The van der Waals surface area contributed by atoms with E-state index in [1.165, 1.54) is 4.90 Å². The van der Waals surface area contributed by atoms with E-state index < -0.39 is 17.8 Å². The van der Waals surface area contributed by atoms with Crippen molar-refractivity contribution in [2.24, 2.45) is 5.11 Å². The van der Waals surface area contributed by atoms with Gasteiger partial charge in [-0.2, -0.15) is 0 Å². The van der Waals surface area contributed by atoms with E-state index in [1.54, 1.807) is 0 Å². The lowest BCUT2D eigenvalue weighted by Crippen LogP contribution is -2.47. The van der Waals surface area contributed by atoms with Crippen LogP contribution in [0.4, 0.5) is 15.3 Å². The molecule has 3 rings (SSSR count). The van der Waals surface area contributed by atoms with Crippen LogP contribution in [0, 0.1) is 0 Å². The molecule has 37 heavy (non-hydrogen) atoms. The number of rotatable bonds is 9. The van der Waals surface area contributed by atoms with Gasteiger partial charge in [-0.3, -0.25) is 4.90 Å². The predicted molar refractivity (Wildman–Crippen MR) is 145 cm³/mol. The van der Waals surface area contributed by atoms with E-state index in [2.05, 4.69) is 15.3 Å². The largest absolute Gasteiger partial charge is 0.465 e. The van der Waals surface area contributed by atoms with Gasteiger partial charge in [-0.1, -0.05) is 47.6 Å². The summed E-state index contributed by atoms with van der Waals surface area (Å²) in [6.07, 6.45) is 3.58. The van der Waals surface area contributed by atoms with Crippen molar-refractivity contribution in [3.8, 4) is 11.1 Å². The smallest absolute Gasteiger partial charge is 0.412 e. The van der Waals surface area contributed by atoms with Gasteiger partial charge in [0, 0.05) is 29.1 Å². The number of benzene rings is 2. The lowest BCUT2D eigenvalue weighted by Gasteiger charge is -2.36. The number of carboxylic acid groups (broad SMARTS) is 1. The molecule has 1 aliphatic carbocycles. The maximum atomic E-state index is 12.6. The van der Waals surface area contributed by atoms with Gasteiger partial charge in [-0.25, -0.2) is 9.59 Å². The third kappa shape index (κ3) is 8.43. The molecule has 0 spiro atoms. The van der Waals surface area contributed by atoms with Crippen LogP contribution in [0.1, 0.15) is 64.9 Å². The number of hydrogen-bond acceptors (Lipinski definition) is 4. The summed E-state index contributed by atoms with van der Waals surface area (Å²) in [6.45, 7) is 5.93. The fourth-order valence-electron chi connectivity index (χ4n) is 4.76. The monoisotopic (exact) mass is 507 g/mol. The molecule has 198 valence electrons. The number of amides is 2. The average Bonchev–Trinajstić information content (AvgIpc) is 2.84. The number of anilines is 1. The number of aryl methyl sites for hydroxylation is 1. The molecule has 2 aromatic carbocycles. The third-order valence-corrected chi connectivity index (χ3v) is 6.43. The van der Waals surface area contributed by atoms with E-state index in [4.69, 9.17) is 10.3 Å². The quantitative estimate of drug-likeness (QED) is 0.160. The van der Waals surface area contributed by atoms with Crippen LogP contribution in [0.2, 0.25) is 0 Å². The van der Waals surface area contributed by atoms with Crippen LogP contribution >= 0.6 is 0 Å². The van der Waals surface area contributed by atoms with Crippen LogP contribution in [0.3, 0.4) is 0 Å². The molecule has 2 aromatic rings. The summed E-state index contributed by atoms with van der Waals surface area (Å²) in [5, 5.41) is 16.9. The molecule has 9 heteroatoms. The standard InChI is InChI=1S/C28H37N5O4/c1-28(2,3)37-26(34)31-22-13-15-23(16-14-22)33(27(35)36)25-19-20(9-7-8-18-30-32-29)12-17-24(25)21-10-5-4-6-11-21/h4-6,10-12,17,19,22-23H,7-9,13-16,18H2,1-3H3,(H,31,34)(H,35,36)/t22-,23-. The molecule has 1 aliphatic rings. The molecule has 0 radical (unpaired) electrons. The first-order chi connectivity index (χ1) is 17.7. The van der Waals surface area contributed by atoms with Gasteiger partial charge in [-0.15, -0.1) is 0 Å². The Bertz CT molecular complexity index is 1100. The van der Waals surface area contributed by atoms with Gasteiger partial charge in [0.2, 0.25) is 0 Å². The maximum Gasteiger partial charge on any atom is 0.412 e. The zero-order valence-electron chi connectivity index (χ0n) is 21.9. The first-order valence-electron chi connectivity index (χ1n) is 12.9. The van der Waals surface area contributed by atoms with Gasteiger partial charge >= 0.3 is 12.2 Å². The van der Waals surface area contributed by atoms with E-state index in [0.29, 0.717) is 37.9 Å². The minimum absolute atomic E-state index is 0.0438. The minimum Gasteiger partial charge on any atom is -0.465 e. The number of azide groups is 1. The zero-order valence-corrected chi connectivity index (χ0v) is 21.9. The normalized spacial score (nSPS) is 17.4. The van der Waals surface area contributed by atoms with Crippen LogP contribution in [0.15, 0.2) is 53.6 Å². The van der Waals surface area contributed by atoms with Crippen molar-refractivity contribution in [1.82, 2.24) is 5.32 Å². The third-order valence-electron chi connectivity index (χ3n) is 6.43. The van der Waals surface area contributed by atoms with E-state index in [-0.39, 0.29) is 12.1 Å². The number of hydrogen-bond donors (Lipinski definition) is 2. The highest BCUT2D eigenvalue weighted by molar-refractivity contribution is 5.93. The Morgan fingerprint density at radius 2 is 1.81 bits per heavy atom. The maximum absolute atomic E-state index is 12.6. The average molecular weight is 508 g/mol. The molecule has 0 aromatic heterocycles. The van der Waals surface area contributed by atoms with Gasteiger partial charge in [0.25, 0.3) is 0 Å². The fourth-order valence-corrected chi connectivity index (χ4v) is 4.76. The molecular weight excluding hydrogens is 470 g/mol. The fraction of sp³-hybridized carbons (Fsp3) is 0.500. The van der Waals surface area contributed by atoms with E-state index in [0.717, 1.165) is 36.0 Å². The number of nitrogens with one attached hydrogen (secondary N) is 1. The number of carbonyl (C=O) groups excluding carboxylic acids is 1. The second kappa shape index (κ2) is 13.0. The van der Waals surface area contributed by atoms with Gasteiger partial charge in [0.1, 0.15) is 5.60 Å². The van der Waals surface area contributed by atoms with Gasteiger partial charge in [-0.05, 0) is 88.4 Å². The summed E-state index contributed by atoms with van der Waals surface area (Å²) in [4.78, 5) is 29.1. The lowest BCUT2D eigenvalue weighted by atomic mass is 9.89. The summed E-state index contributed by atoms with van der Waals surface area (Å²) >= 11 is 0. The van der Waals surface area contributed by atoms with Crippen molar-refractivity contribution in [3.63, 3.8) is 0 Å². The number of carbonyl (C=O) groups is 2. The molecule has 2 amide bonds. The van der Waals surface area contributed by atoms with Crippen LogP contribution in [-0.4, -0.2) is 41.5 Å². The molecule has 1 saturated carbocycles. The number of ether oxygens (including phenoxy) is 1. The highest BCUT2D eigenvalue weighted by Gasteiger charge is 2.32. The summed E-state index contributed by atoms with van der Waals surface area (Å²) in [5.74, 6) is 0. The Kier molecular flexibility index (Phi) is 9.80. The predicted octanol–water partition coefficient (Wildman–Crippen LogP) is 7.31. The van der Waals surface area contributed by atoms with Crippen molar-refractivity contribution in [1.29, 1.82) is 0 Å². The summed E-state index contributed by atoms with van der Waals surface area (Å²) in [7, 11) is 0. The minimum atomic E-state index is -0.985. The van der Waals surface area contributed by atoms with Gasteiger partial charge < -0.3 is 15.2 Å². The van der Waals surface area contributed by atoms with Crippen molar-refractivity contribution < 1.29 is 19.4 Å². The molecular formula is C28H37N5O4. The van der Waals surface area contributed by atoms with Crippen LogP contribution in [0.5, 0.6) is 0 Å². The van der Waals surface area contributed by atoms with Gasteiger partial charge in [0.05, 0.1) is 5.69 Å². The van der Waals surface area contributed by atoms with Crippen molar-refractivity contribution >= 4 is 17.9 Å². The summed E-state index contributed by atoms with van der Waals surface area (Å²) in [6, 6.07) is 15.6. The molecule has 0 bridgehead atoms. The molecule has 0 heterocycles. The highest BCUT2D eigenvalue weighted by Crippen LogP contribution is 2.36. The van der Waals surface area contributed by atoms with Crippen molar-refractivity contribution in [2.45, 2.75) is 83.4 Å². The zero-order chi connectivity index (χ0) is 26.8. The molecule has 0 saturated heterocycles. The topological polar surface area (TPSA) is 128 Å². The number of nitrogens with zero attached hydrogens (tertiary/aromatic N) is 4. The summed E-state index contributed by atoms with van der Waals surface area (Å²) in [5.41, 5.74) is 11.4. The van der Waals surface area contributed by atoms with E-state index in [9.17, 15) is 14.7 Å². The second-order valence-corrected chi connectivity index (χ2v) is 10.4. The Labute approximate surface area is 218 Å².